The lowest BCUT2D eigenvalue weighted by atomic mass is 10.1. The molecule has 31 heavy (non-hydrogen) atoms. The van der Waals surface area contributed by atoms with Crippen molar-refractivity contribution in [2.75, 3.05) is 6.54 Å². The predicted octanol–water partition coefficient (Wildman–Crippen LogP) is 5.03. The minimum Gasteiger partial charge on any atom is -0.338 e. The highest BCUT2D eigenvalue weighted by Gasteiger charge is 2.20. The number of imidazole rings is 1. The summed E-state index contributed by atoms with van der Waals surface area (Å²) in [5.41, 5.74) is 7.11. The lowest BCUT2D eigenvalue weighted by Gasteiger charge is -2.21. The quantitative estimate of drug-likeness (QED) is 0.427. The lowest BCUT2D eigenvalue weighted by molar-refractivity contribution is -0.130. The molecule has 3 heterocycles. The molecule has 1 amide bonds. The summed E-state index contributed by atoms with van der Waals surface area (Å²) in [7, 11) is 0. The fourth-order valence-corrected chi connectivity index (χ4v) is 3.65. The van der Waals surface area contributed by atoms with Gasteiger partial charge in [0.1, 0.15) is 5.65 Å². The van der Waals surface area contributed by atoms with Gasteiger partial charge in [-0.3, -0.25) is 9.78 Å². The van der Waals surface area contributed by atoms with Crippen LogP contribution in [0.5, 0.6) is 0 Å². The summed E-state index contributed by atoms with van der Waals surface area (Å²) < 4.78 is 2.04. The summed E-state index contributed by atoms with van der Waals surface area (Å²) in [6.07, 6.45) is 5.83. The van der Waals surface area contributed by atoms with Gasteiger partial charge >= 0.3 is 0 Å². The van der Waals surface area contributed by atoms with E-state index in [2.05, 4.69) is 55.2 Å². The van der Waals surface area contributed by atoms with Crippen molar-refractivity contribution in [3.05, 3.63) is 89.5 Å². The van der Waals surface area contributed by atoms with E-state index in [1.165, 1.54) is 5.56 Å². The number of aromatic nitrogens is 3. The zero-order valence-electron chi connectivity index (χ0n) is 18.1. The number of pyridine rings is 2. The SMILES string of the molecule is CCN(Cc1ccncc1)C(=O)Cc1c(-c2ccc(C)cc2)nc2cc(C)ccn12.Cl. The van der Waals surface area contributed by atoms with Crippen LogP contribution in [0.4, 0.5) is 0 Å². The third kappa shape index (κ3) is 4.94. The van der Waals surface area contributed by atoms with Crippen molar-refractivity contribution in [2.24, 2.45) is 0 Å². The molecular formula is C25H27ClN4O. The van der Waals surface area contributed by atoms with E-state index in [0.29, 0.717) is 19.5 Å². The maximum Gasteiger partial charge on any atom is 0.228 e. The molecule has 0 atom stereocenters. The van der Waals surface area contributed by atoms with Gasteiger partial charge in [-0.15, -0.1) is 12.4 Å². The molecular weight excluding hydrogens is 408 g/mol. The molecule has 6 heteroatoms. The summed E-state index contributed by atoms with van der Waals surface area (Å²) >= 11 is 0. The molecule has 0 fully saturated rings. The molecule has 0 aliphatic carbocycles. The van der Waals surface area contributed by atoms with Gasteiger partial charge in [0, 0.05) is 37.2 Å². The van der Waals surface area contributed by atoms with Gasteiger partial charge < -0.3 is 9.30 Å². The van der Waals surface area contributed by atoms with Gasteiger partial charge in [-0.25, -0.2) is 4.98 Å². The fourth-order valence-electron chi connectivity index (χ4n) is 3.65. The number of amides is 1. The molecule has 0 spiro atoms. The van der Waals surface area contributed by atoms with E-state index in [0.717, 1.165) is 33.7 Å². The van der Waals surface area contributed by atoms with Crippen molar-refractivity contribution in [1.29, 1.82) is 0 Å². The Morgan fingerprint density at radius 2 is 1.71 bits per heavy atom. The van der Waals surface area contributed by atoms with Crippen LogP contribution in [-0.4, -0.2) is 31.7 Å². The van der Waals surface area contributed by atoms with E-state index in [1.807, 2.05) is 34.6 Å². The average Bonchev–Trinajstić information content (AvgIpc) is 3.10. The Kier molecular flexibility index (Phi) is 7.08. The number of halogens is 1. The Balaban J connectivity index is 0.00000272. The number of aryl methyl sites for hydroxylation is 2. The maximum atomic E-state index is 13.3. The standard InChI is InChI=1S/C25H26N4O.ClH/c1-4-28(17-20-9-12-26-13-10-20)24(30)16-22-25(21-7-5-18(2)6-8-21)27-23-15-19(3)11-14-29(22)23;/h5-15H,4,16-17H2,1-3H3;1H. The number of likely N-dealkylation sites (N-methyl/N-ethyl adjacent to an activating group) is 1. The maximum absolute atomic E-state index is 13.3. The number of benzene rings is 1. The summed E-state index contributed by atoms with van der Waals surface area (Å²) in [6, 6.07) is 16.3. The molecule has 0 N–H and O–H groups in total. The summed E-state index contributed by atoms with van der Waals surface area (Å²) in [6.45, 7) is 7.36. The molecule has 0 radical (unpaired) electrons. The van der Waals surface area contributed by atoms with E-state index in [9.17, 15) is 4.79 Å². The van der Waals surface area contributed by atoms with Crippen LogP contribution in [0.2, 0.25) is 0 Å². The van der Waals surface area contributed by atoms with Crippen LogP contribution in [0.25, 0.3) is 16.9 Å². The minimum atomic E-state index is 0. The zero-order chi connectivity index (χ0) is 21.1. The van der Waals surface area contributed by atoms with Crippen molar-refractivity contribution < 1.29 is 4.79 Å². The Morgan fingerprint density at radius 1 is 1.00 bits per heavy atom. The molecule has 4 aromatic rings. The topological polar surface area (TPSA) is 50.5 Å². The van der Waals surface area contributed by atoms with E-state index >= 15 is 0 Å². The Bertz CT molecular complexity index is 1170. The monoisotopic (exact) mass is 434 g/mol. The van der Waals surface area contributed by atoms with Gasteiger partial charge in [0.2, 0.25) is 5.91 Å². The first-order chi connectivity index (χ1) is 14.5. The molecule has 5 nitrogen and oxygen atoms in total. The highest BCUT2D eigenvalue weighted by Crippen LogP contribution is 2.26. The number of hydrogen-bond acceptors (Lipinski definition) is 3. The first-order valence-corrected chi connectivity index (χ1v) is 10.3. The van der Waals surface area contributed by atoms with Gasteiger partial charge in [0.25, 0.3) is 0 Å². The number of carbonyl (C=O) groups is 1. The number of rotatable bonds is 6. The second kappa shape index (κ2) is 9.75. The Hall–Kier alpha value is -3.18. The van der Waals surface area contributed by atoms with Crippen molar-refractivity contribution in [3.8, 4) is 11.3 Å². The third-order valence-corrected chi connectivity index (χ3v) is 5.38. The van der Waals surface area contributed by atoms with E-state index in [1.54, 1.807) is 12.4 Å². The third-order valence-electron chi connectivity index (χ3n) is 5.38. The van der Waals surface area contributed by atoms with Gasteiger partial charge in [0.05, 0.1) is 17.8 Å². The lowest BCUT2D eigenvalue weighted by Crippen LogP contribution is -2.32. The number of nitrogens with zero attached hydrogens (tertiary/aromatic N) is 4. The first kappa shape index (κ1) is 22.5. The molecule has 160 valence electrons. The normalized spacial score (nSPS) is 10.7. The zero-order valence-corrected chi connectivity index (χ0v) is 18.9. The number of fused-ring (bicyclic) bond motifs is 1. The van der Waals surface area contributed by atoms with Gasteiger partial charge in [0.15, 0.2) is 0 Å². The largest absolute Gasteiger partial charge is 0.338 e. The van der Waals surface area contributed by atoms with Crippen molar-refractivity contribution in [1.82, 2.24) is 19.3 Å². The summed E-state index contributed by atoms with van der Waals surface area (Å²) in [5.74, 6) is 0.0880. The first-order valence-electron chi connectivity index (χ1n) is 10.3. The fraction of sp³-hybridized carbons (Fsp3) is 0.240. The number of hydrogen-bond donors (Lipinski definition) is 0. The van der Waals surface area contributed by atoms with E-state index < -0.39 is 0 Å². The minimum absolute atomic E-state index is 0. The molecule has 0 saturated heterocycles. The summed E-state index contributed by atoms with van der Waals surface area (Å²) in [4.78, 5) is 24.1. The number of carbonyl (C=O) groups excluding carboxylic acids is 1. The van der Waals surface area contributed by atoms with E-state index in [4.69, 9.17) is 4.98 Å². The van der Waals surface area contributed by atoms with Gasteiger partial charge in [-0.1, -0.05) is 29.8 Å². The van der Waals surface area contributed by atoms with Gasteiger partial charge in [-0.2, -0.15) is 0 Å². The van der Waals surface area contributed by atoms with Crippen LogP contribution < -0.4 is 0 Å². The van der Waals surface area contributed by atoms with Crippen molar-refractivity contribution in [2.45, 2.75) is 33.7 Å². The van der Waals surface area contributed by atoms with Crippen molar-refractivity contribution >= 4 is 24.0 Å². The van der Waals surface area contributed by atoms with Crippen molar-refractivity contribution in [3.63, 3.8) is 0 Å². The molecule has 0 saturated carbocycles. The van der Waals surface area contributed by atoms with Crippen LogP contribution in [0.1, 0.15) is 29.3 Å². The average molecular weight is 435 g/mol. The summed E-state index contributed by atoms with van der Waals surface area (Å²) in [5, 5.41) is 0. The molecule has 0 unspecified atom stereocenters. The molecule has 1 aromatic carbocycles. The van der Waals surface area contributed by atoms with Crippen LogP contribution in [-0.2, 0) is 17.8 Å². The Labute approximate surface area is 189 Å². The molecule has 0 bridgehead atoms. The molecule has 0 aliphatic heterocycles. The van der Waals surface area contributed by atoms with Crippen LogP contribution >= 0.6 is 12.4 Å². The second-order valence-electron chi connectivity index (χ2n) is 7.65. The molecule has 0 aliphatic rings. The molecule has 3 aromatic heterocycles. The predicted molar refractivity (Wildman–Crippen MR) is 126 cm³/mol. The second-order valence-corrected chi connectivity index (χ2v) is 7.65. The van der Waals surface area contributed by atoms with Crippen LogP contribution in [0.3, 0.4) is 0 Å². The Morgan fingerprint density at radius 3 is 2.39 bits per heavy atom. The van der Waals surface area contributed by atoms with Crippen LogP contribution in [0.15, 0.2) is 67.1 Å². The van der Waals surface area contributed by atoms with Gasteiger partial charge in [-0.05, 0) is 56.2 Å². The highest BCUT2D eigenvalue weighted by atomic mass is 35.5. The molecule has 4 rings (SSSR count). The van der Waals surface area contributed by atoms with Crippen LogP contribution in [0, 0.1) is 13.8 Å². The van der Waals surface area contributed by atoms with E-state index in [-0.39, 0.29) is 18.3 Å². The smallest absolute Gasteiger partial charge is 0.228 e. The highest BCUT2D eigenvalue weighted by molar-refractivity contribution is 5.85.